The van der Waals surface area contributed by atoms with Gasteiger partial charge in [0.1, 0.15) is 24.0 Å². The van der Waals surface area contributed by atoms with Crippen LogP contribution in [-0.4, -0.2) is 43.6 Å². The van der Waals surface area contributed by atoms with Crippen molar-refractivity contribution in [2.24, 2.45) is 7.05 Å². The van der Waals surface area contributed by atoms with Crippen LogP contribution in [0.4, 0.5) is 5.69 Å². The zero-order valence-corrected chi connectivity index (χ0v) is 17.4. The third-order valence-electron chi connectivity index (χ3n) is 5.10. The molecule has 0 saturated heterocycles. The quantitative estimate of drug-likeness (QED) is 0.347. The highest BCUT2D eigenvalue weighted by Crippen LogP contribution is 2.30. The maximum Gasteiger partial charge on any atom is 0.282 e. The highest BCUT2D eigenvalue weighted by molar-refractivity contribution is 6.30. The molecule has 11 heteroatoms. The summed E-state index contributed by atoms with van der Waals surface area (Å²) in [5.74, 6) is -1.75. The molecule has 2 heterocycles. The zero-order valence-electron chi connectivity index (χ0n) is 16.7. The van der Waals surface area contributed by atoms with Gasteiger partial charge in [-0.25, -0.2) is 4.98 Å². The number of aromatic nitrogens is 2. The Morgan fingerprint density at radius 3 is 2.53 bits per heavy atom. The van der Waals surface area contributed by atoms with E-state index in [-0.39, 0.29) is 11.1 Å². The monoisotopic (exact) mass is 453 g/mol. The number of nitrogens with zero attached hydrogens (tertiary/aromatic N) is 4. The minimum atomic E-state index is -0.882. The molecular formula is C21H16ClN5O5. The Morgan fingerprint density at radius 2 is 1.91 bits per heavy atom. The zero-order chi connectivity index (χ0) is 23.0. The number of aryl methyl sites for hydroxylation is 1. The Balaban J connectivity index is 1.59. The van der Waals surface area contributed by atoms with E-state index < -0.39 is 40.9 Å². The number of fused-ring (bicyclic) bond motifs is 1. The Hall–Kier alpha value is -4.05. The molecule has 3 aromatic rings. The fourth-order valence-corrected chi connectivity index (χ4v) is 3.70. The number of hydrogen-bond donors (Lipinski definition) is 1. The van der Waals surface area contributed by atoms with Gasteiger partial charge in [-0.1, -0.05) is 29.8 Å². The molecule has 0 unspecified atom stereocenters. The molecule has 1 aliphatic rings. The van der Waals surface area contributed by atoms with E-state index in [0.29, 0.717) is 21.3 Å². The molecule has 0 spiro atoms. The summed E-state index contributed by atoms with van der Waals surface area (Å²) in [5.41, 5.74) is -0.199. The van der Waals surface area contributed by atoms with Gasteiger partial charge in [0.05, 0.1) is 10.5 Å². The smallest absolute Gasteiger partial charge is 0.282 e. The van der Waals surface area contributed by atoms with E-state index in [1.807, 2.05) is 0 Å². The third kappa shape index (κ3) is 3.71. The number of imidazole rings is 1. The lowest BCUT2D eigenvalue weighted by atomic mass is 10.1. The molecule has 1 atom stereocenters. The molecule has 1 N–H and O–H groups in total. The van der Waals surface area contributed by atoms with Crippen molar-refractivity contribution in [1.82, 2.24) is 19.8 Å². The van der Waals surface area contributed by atoms with Gasteiger partial charge in [0, 0.05) is 30.5 Å². The number of carbonyl (C=O) groups excluding carboxylic acids is 3. The SMILES string of the molecule is Cn1ccnc1[C@@H](NC(=O)CN1C(=O)c2cccc([N+](=O)[O-])c2C1=O)c1ccc(Cl)cc1. The molecule has 0 bridgehead atoms. The largest absolute Gasteiger partial charge is 0.341 e. The van der Waals surface area contributed by atoms with Crippen molar-refractivity contribution in [1.29, 1.82) is 0 Å². The molecule has 10 nitrogen and oxygen atoms in total. The molecule has 162 valence electrons. The molecule has 3 amide bonds. The van der Waals surface area contributed by atoms with Crippen LogP contribution in [0, 0.1) is 10.1 Å². The molecule has 1 aliphatic heterocycles. The predicted molar refractivity (Wildman–Crippen MR) is 113 cm³/mol. The van der Waals surface area contributed by atoms with Crippen molar-refractivity contribution in [3.05, 3.63) is 92.5 Å². The summed E-state index contributed by atoms with van der Waals surface area (Å²) in [6, 6.07) is 9.91. The van der Waals surface area contributed by atoms with E-state index >= 15 is 0 Å². The van der Waals surface area contributed by atoms with Crippen molar-refractivity contribution >= 4 is 35.0 Å². The number of rotatable bonds is 6. The Kier molecular flexibility index (Phi) is 5.45. The summed E-state index contributed by atoms with van der Waals surface area (Å²) in [6.45, 7) is -0.599. The number of nitro groups is 1. The lowest BCUT2D eigenvalue weighted by Gasteiger charge is -2.21. The topological polar surface area (TPSA) is 127 Å². The number of carbonyl (C=O) groups is 3. The standard InChI is InChI=1S/C21H16ClN5O5/c1-25-10-9-23-19(25)18(12-5-7-13(22)8-6-12)24-16(28)11-26-20(29)14-3-2-4-15(27(31)32)17(14)21(26)30/h2-10,18H,11H2,1H3,(H,24,28)/t18-/m0/s1. The van der Waals surface area contributed by atoms with Crippen LogP contribution in [0.15, 0.2) is 54.9 Å². The average Bonchev–Trinajstić information content (AvgIpc) is 3.29. The van der Waals surface area contributed by atoms with Crippen LogP contribution >= 0.6 is 11.6 Å². The predicted octanol–water partition coefficient (Wildman–Crippen LogP) is 2.48. The second kappa shape index (κ2) is 8.23. The summed E-state index contributed by atoms with van der Waals surface area (Å²) in [4.78, 5) is 53.8. The minimum Gasteiger partial charge on any atom is -0.341 e. The second-order valence-electron chi connectivity index (χ2n) is 7.10. The van der Waals surface area contributed by atoms with Crippen LogP contribution in [0.3, 0.4) is 0 Å². The molecule has 0 aliphatic carbocycles. The molecular weight excluding hydrogens is 438 g/mol. The van der Waals surface area contributed by atoms with Gasteiger partial charge in [0.25, 0.3) is 17.5 Å². The molecule has 32 heavy (non-hydrogen) atoms. The van der Waals surface area contributed by atoms with Crippen LogP contribution in [0.1, 0.15) is 38.1 Å². The summed E-state index contributed by atoms with van der Waals surface area (Å²) < 4.78 is 1.73. The van der Waals surface area contributed by atoms with E-state index in [9.17, 15) is 24.5 Å². The number of amides is 3. The van der Waals surface area contributed by atoms with Crippen molar-refractivity contribution < 1.29 is 19.3 Å². The first-order valence-corrected chi connectivity index (χ1v) is 9.81. The highest BCUT2D eigenvalue weighted by Gasteiger charge is 2.41. The van der Waals surface area contributed by atoms with E-state index in [4.69, 9.17) is 11.6 Å². The lowest BCUT2D eigenvalue weighted by Crippen LogP contribution is -2.42. The number of hydrogen-bond acceptors (Lipinski definition) is 6. The van der Waals surface area contributed by atoms with E-state index in [1.54, 1.807) is 48.3 Å². The molecule has 0 radical (unpaired) electrons. The van der Waals surface area contributed by atoms with Crippen molar-refractivity contribution in [3.63, 3.8) is 0 Å². The molecule has 2 aromatic carbocycles. The molecule has 4 rings (SSSR count). The minimum absolute atomic E-state index is 0.102. The van der Waals surface area contributed by atoms with Gasteiger partial charge in [-0.2, -0.15) is 0 Å². The lowest BCUT2D eigenvalue weighted by molar-refractivity contribution is -0.385. The van der Waals surface area contributed by atoms with Crippen LogP contribution in [0.2, 0.25) is 5.02 Å². The number of nitrogens with one attached hydrogen (secondary N) is 1. The summed E-state index contributed by atoms with van der Waals surface area (Å²) in [7, 11) is 1.76. The molecule has 0 fully saturated rings. The van der Waals surface area contributed by atoms with Crippen LogP contribution in [0.25, 0.3) is 0 Å². The van der Waals surface area contributed by atoms with Gasteiger partial charge in [-0.3, -0.25) is 29.4 Å². The Bertz CT molecular complexity index is 1250. The normalized spacial score (nSPS) is 13.8. The van der Waals surface area contributed by atoms with Crippen molar-refractivity contribution in [2.75, 3.05) is 6.54 Å². The molecule has 0 saturated carbocycles. The third-order valence-corrected chi connectivity index (χ3v) is 5.35. The molecule has 1 aromatic heterocycles. The van der Waals surface area contributed by atoms with Gasteiger partial charge in [-0.05, 0) is 23.8 Å². The first kappa shape index (κ1) is 21.2. The fourth-order valence-electron chi connectivity index (χ4n) is 3.57. The van der Waals surface area contributed by atoms with Gasteiger partial charge in [0.15, 0.2) is 0 Å². The highest BCUT2D eigenvalue weighted by atomic mass is 35.5. The number of imide groups is 1. The van der Waals surface area contributed by atoms with Gasteiger partial charge >= 0.3 is 0 Å². The van der Waals surface area contributed by atoms with Crippen molar-refractivity contribution in [3.8, 4) is 0 Å². The van der Waals surface area contributed by atoms with E-state index in [0.717, 1.165) is 6.07 Å². The maximum atomic E-state index is 12.9. The van der Waals surface area contributed by atoms with Crippen LogP contribution in [-0.2, 0) is 11.8 Å². The Labute approximate surface area is 186 Å². The number of halogens is 1. The fraction of sp³-hybridized carbons (Fsp3) is 0.143. The average molecular weight is 454 g/mol. The van der Waals surface area contributed by atoms with E-state index in [2.05, 4.69) is 10.3 Å². The second-order valence-corrected chi connectivity index (χ2v) is 7.54. The van der Waals surface area contributed by atoms with Crippen LogP contribution in [0.5, 0.6) is 0 Å². The summed E-state index contributed by atoms with van der Waals surface area (Å²) in [5, 5.41) is 14.6. The summed E-state index contributed by atoms with van der Waals surface area (Å²) in [6.07, 6.45) is 3.29. The first-order chi connectivity index (χ1) is 15.3. The Morgan fingerprint density at radius 1 is 1.19 bits per heavy atom. The van der Waals surface area contributed by atoms with E-state index in [1.165, 1.54) is 12.1 Å². The first-order valence-electron chi connectivity index (χ1n) is 9.43. The summed E-state index contributed by atoms with van der Waals surface area (Å²) >= 11 is 5.97. The van der Waals surface area contributed by atoms with Crippen LogP contribution < -0.4 is 5.32 Å². The number of benzene rings is 2. The number of nitro benzene ring substituents is 1. The van der Waals surface area contributed by atoms with Gasteiger partial charge in [-0.15, -0.1) is 0 Å². The maximum absolute atomic E-state index is 12.9. The van der Waals surface area contributed by atoms with Gasteiger partial charge < -0.3 is 9.88 Å². The van der Waals surface area contributed by atoms with Crippen molar-refractivity contribution in [2.45, 2.75) is 6.04 Å². The van der Waals surface area contributed by atoms with Gasteiger partial charge in [0.2, 0.25) is 5.91 Å².